The summed E-state index contributed by atoms with van der Waals surface area (Å²) < 4.78 is 81.5. The van der Waals surface area contributed by atoms with Gasteiger partial charge in [0.2, 0.25) is 0 Å². The number of benzene rings is 3. The molecule has 4 rings (SSSR count). The molecule has 0 aromatic heterocycles. The van der Waals surface area contributed by atoms with Crippen molar-refractivity contribution in [2.75, 3.05) is 4.90 Å². The second-order valence-corrected chi connectivity index (χ2v) is 8.72. The molecule has 37 heavy (non-hydrogen) atoms. The number of halogens is 7. The van der Waals surface area contributed by atoms with E-state index in [4.69, 9.17) is 11.6 Å². The lowest BCUT2D eigenvalue weighted by atomic mass is 10.1. The fourth-order valence-corrected chi connectivity index (χ4v) is 4.09. The molecule has 1 N–H and O–H groups in total. The summed E-state index contributed by atoms with van der Waals surface area (Å²) in [4.78, 5) is 14.7. The van der Waals surface area contributed by atoms with Crippen molar-refractivity contribution in [1.82, 2.24) is 5.32 Å². The number of carbonyl (C=O) groups excluding carboxylic acids is 1. The smallest absolute Gasteiger partial charge is 0.406 e. The van der Waals surface area contributed by atoms with Crippen molar-refractivity contribution < 1.29 is 35.9 Å². The second kappa shape index (κ2) is 10.0. The highest BCUT2D eigenvalue weighted by molar-refractivity contribution is 6.30. The van der Waals surface area contributed by atoms with Crippen LogP contribution in [0.3, 0.4) is 0 Å². The zero-order valence-corrected chi connectivity index (χ0v) is 19.8. The Kier molecular flexibility index (Phi) is 7.14. The Morgan fingerprint density at radius 2 is 1.59 bits per heavy atom. The molecule has 3 aromatic rings. The maximum absolute atomic E-state index is 13.4. The van der Waals surface area contributed by atoms with Crippen molar-refractivity contribution in [1.29, 1.82) is 0 Å². The Morgan fingerprint density at radius 1 is 0.946 bits per heavy atom. The Labute approximate surface area is 213 Å². The fraction of sp³-hybridized carbons (Fsp3) is 0.192. The van der Waals surface area contributed by atoms with Crippen molar-refractivity contribution in [2.24, 2.45) is 0 Å². The van der Waals surface area contributed by atoms with Gasteiger partial charge in [0, 0.05) is 16.8 Å². The van der Waals surface area contributed by atoms with Crippen LogP contribution in [-0.2, 0) is 11.0 Å². The van der Waals surface area contributed by atoms with Gasteiger partial charge in [0.1, 0.15) is 5.75 Å². The fourth-order valence-electron chi connectivity index (χ4n) is 3.97. The summed E-state index contributed by atoms with van der Waals surface area (Å²) in [6, 6.07) is 14.7. The highest BCUT2D eigenvalue weighted by Gasteiger charge is 2.37. The molecule has 1 aliphatic heterocycles. The molecule has 0 aliphatic carbocycles. The van der Waals surface area contributed by atoms with Gasteiger partial charge in [-0.25, -0.2) is 0 Å². The minimum absolute atomic E-state index is 0.134. The van der Waals surface area contributed by atoms with E-state index in [-0.39, 0.29) is 23.0 Å². The Hall–Kier alpha value is -3.66. The lowest BCUT2D eigenvalue weighted by molar-refractivity contribution is -0.274. The molecule has 0 saturated heterocycles. The number of anilines is 1. The number of hydrogen-bond donors (Lipinski definition) is 1. The zero-order valence-electron chi connectivity index (χ0n) is 19.1. The van der Waals surface area contributed by atoms with E-state index >= 15 is 0 Å². The summed E-state index contributed by atoms with van der Waals surface area (Å²) in [5.74, 6) is -1.05. The van der Waals surface area contributed by atoms with Gasteiger partial charge < -0.3 is 10.1 Å². The van der Waals surface area contributed by atoms with Crippen molar-refractivity contribution in [2.45, 2.75) is 31.5 Å². The number of carbonyl (C=O) groups is 1. The van der Waals surface area contributed by atoms with Gasteiger partial charge >= 0.3 is 12.5 Å². The third-order valence-electron chi connectivity index (χ3n) is 5.70. The van der Waals surface area contributed by atoms with E-state index in [0.29, 0.717) is 5.02 Å². The number of alkyl halides is 6. The molecule has 0 spiro atoms. The monoisotopic (exact) mass is 540 g/mol. The Bertz CT molecular complexity index is 1300. The van der Waals surface area contributed by atoms with Gasteiger partial charge in [-0.15, -0.1) is 13.2 Å². The molecule has 2 unspecified atom stereocenters. The quantitative estimate of drug-likeness (QED) is 0.328. The van der Waals surface area contributed by atoms with E-state index in [0.717, 1.165) is 42.0 Å². The molecule has 1 heterocycles. The third kappa shape index (κ3) is 6.19. The average Bonchev–Trinajstić information content (AvgIpc) is 3.14. The minimum Gasteiger partial charge on any atom is -0.406 e. The van der Waals surface area contributed by atoms with E-state index in [9.17, 15) is 31.1 Å². The van der Waals surface area contributed by atoms with Crippen LogP contribution in [0.1, 0.15) is 35.7 Å². The average molecular weight is 541 g/mol. The Balaban J connectivity index is 1.70. The van der Waals surface area contributed by atoms with E-state index in [1.807, 2.05) is 0 Å². The molecule has 0 saturated carbocycles. The molecule has 4 nitrogen and oxygen atoms in total. The maximum atomic E-state index is 13.4. The molecule has 3 aromatic carbocycles. The van der Waals surface area contributed by atoms with Crippen LogP contribution in [0.4, 0.5) is 32.0 Å². The molecule has 194 valence electrons. The molecule has 11 heteroatoms. The number of rotatable bonds is 6. The molecule has 0 bridgehead atoms. The number of hydrogen-bond acceptors (Lipinski definition) is 3. The summed E-state index contributed by atoms with van der Waals surface area (Å²) in [7, 11) is 0. The first-order valence-corrected chi connectivity index (χ1v) is 11.3. The maximum Gasteiger partial charge on any atom is 0.573 e. The summed E-state index contributed by atoms with van der Waals surface area (Å²) in [6.45, 7) is 1.80. The van der Waals surface area contributed by atoms with Crippen LogP contribution in [0.2, 0.25) is 5.02 Å². The predicted molar refractivity (Wildman–Crippen MR) is 126 cm³/mol. The van der Waals surface area contributed by atoms with Crippen LogP contribution in [0, 0.1) is 0 Å². The molecular weight excluding hydrogens is 522 g/mol. The van der Waals surface area contributed by atoms with Gasteiger partial charge in [0.05, 0.1) is 17.3 Å². The second-order valence-electron chi connectivity index (χ2n) is 8.28. The molecule has 1 aliphatic rings. The van der Waals surface area contributed by atoms with Crippen molar-refractivity contribution >= 4 is 23.2 Å². The lowest BCUT2D eigenvalue weighted by Crippen LogP contribution is -2.33. The van der Waals surface area contributed by atoms with E-state index in [2.05, 4.69) is 10.1 Å². The lowest BCUT2D eigenvalue weighted by Gasteiger charge is -2.26. The van der Waals surface area contributed by atoms with Gasteiger partial charge in [-0.1, -0.05) is 35.9 Å². The minimum atomic E-state index is -4.92. The number of ether oxygens (including phenoxy) is 1. The number of nitrogens with one attached hydrogen (secondary N) is 1. The molecule has 2 atom stereocenters. The van der Waals surface area contributed by atoms with E-state index in [1.165, 1.54) is 23.1 Å². The largest absolute Gasteiger partial charge is 0.573 e. The zero-order chi connectivity index (χ0) is 27.0. The third-order valence-corrected chi connectivity index (χ3v) is 5.95. The van der Waals surface area contributed by atoms with Crippen LogP contribution in [-0.4, -0.2) is 12.3 Å². The molecule has 0 radical (unpaired) electrons. The van der Waals surface area contributed by atoms with Crippen molar-refractivity contribution in [3.63, 3.8) is 0 Å². The first-order valence-electron chi connectivity index (χ1n) is 10.9. The van der Waals surface area contributed by atoms with Crippen LogP contribution in [0.15, 0.2) is 84.6 Å². The molecular formula is C26H19ClF6N2O2. The van der Waals surface area contributed by atoms with Crippen molar-refractivity contribution in [3.05, 3.63) is 106 Å². The topological polar surface area (TPSA) is 41.6 Å². The van der Waals surface area contributed by atoms with Crippen molar-refractivity contribution in [3.8, 4) is 5.75 Å². The summed E-state index contributed by atoms with van der Waals surface area (Å²) in [5.41, 5.74) is 0.448. The van der Waals surface area contributed by atoms with Gasteiger partial charge in [-0.05, 0) is 72.7 Å². The van der Waals surface area contributed by atoms with Crippen LogP contribution in [0.25, 0.3) is 0 Å². The number of amides is 1. The first-order chi connectivity index (χ1) is 17.3. The predicted octanol–water partition coefficient (Wildman–Crippen LogP) is 7.58. The summed E-state index contributed by atoms with van der Waals surface area (Å²) >= 11 is 5.93. The van der Waals surface area contributed by atoms with Crippen LogP contribution in [0.5, 0.6) is 5.75 Å². The SMILES string of the molecule is CC(NC1=CC(c2cccc(OC(F)(F)F)c2)N(c2ccc(C(F)(F)F)cc2)C1=O)c1ccc(Cl)cc1. The normalized spacial score (nSPS) is 17.0. The summed E-state index contributed by atoms with van der Waals surface area (Å²) in [5, 5.41) is 3.62. The van der Waals surface area contributed by atoms with Gasteiger partial charge in [-0.2, -0.15) is 13.2 Å². The molecule has 0 fully saturated rings. The number of nitrogens with zero attached hydrogens (tertiary/aromatic N) is 1. The molecule has 1 amide bonds. The van der Waals surface area contributed by atoms with E-state index < -0.39 is 35.8 Å². The highest BCUT2D eigenvalue weighted by Crippen LogP contribution is 2.39. The van der Waals surface area contributed by atoms with Gasteiger partial charge in [0.15, 0.2) is 0 Å². The van der Waals surface area contributed by atoms with Crippen LogP contribution < -0.4 is 15.0 Å². The first kappa shape index (κ1) is 26.4. The van der Waals surface area contributed by atoms with Crippen LogP contribution >= 0.6 is 11.6 Å². The van der Waals surface area contributed by atoms with Gasteiger partial charge in [0.25, 0.3) is 5.91 Å². The van der Waals surface area contributed by atoms with E-state index in [1.54, 1.807) is 31.2 Å². The van der Waals surface area contributed by atoms with Gasteiger partial charge in [-0.3, -0.25) is 9.69 Å². The highest BCUT2D eigenvalue weighted by atomic mass is 35.5. The summed E-state index contributed by atoms with van der Waals surface area (Å²) in [6.07, 6.45) is -7.98. The Morgan fingerprint density at radius 3 is 2.19 bits per heavy atom. The standard InChI is InChI=1S/C26H19ClF6N2O2/c1-15(16-5-9-19(27)10-6-16)34-22-14-23(17-3-2-4-21(13-17)37-26(31,32)33)35(24(22)36)20-11-7-18(8-12-20)25(28,29)30/h2-15,23,34H,1H3.